The summed E-state index contributed by atoms with van der Waals surface area (Å²) in [5, 5.41) is 0. The molecule has 0 aliphatic rings. The van der Waals surface area contributed by atoms with Crippen molar-refractivity contribution in [2.24, 2.45) is 0 Å². The van der Waals surface area contributed by atoms with Gasteiger partial charge in [0.2, 0.25) is 0 Å². The minimum atomic E-state index is -0.380. The van der Waals surface area contributed by atoms with Gasteiger partial charge in [0.1, 0.15) is 11.6 Å². The fourth-order valence-corrected chi connectivity index (χ4v) is 1.44. The van der Waals surface area contributed by atoms with Crippen molar-refractivity contribution in [3.63, 3.8) is 0 Å². The molecule has 0 aliphatic carbocycles. The highest BCUT2D eigenvalue weighted by Gasteiger charge is 2.04. The molecule has 0 spiro atoms. The third-order valence-electron chi connectivity index (χ3n) is 1.88. The third-order valence-corrected chi connectivity index (χ3v) is 2.49. The zero-order chi connectivity index (χ0) is 12.3. The van der Waals surface area contributed by atoms with Crippen LogP contribution in [0.4, 0.5) is 4.39 Å². The average molecular weight is 297 g/mol. The SMILES string of the molecule is O=Cc1cnc(Oc2ccc(F)c(Br)c2)nc1. The summed E-state index contributed by atoms with van der Waals surface area (Å²) in [4.78, 5) is 18.0. The van der Waals surface area contributed by atoms with Gasteiger partial charge >= 0.3 is 6.01 Å². The number of rotatable bonds is 3. The van der Waals surface area contributed by atoms with Gasteiger partial charge < -0.3 is 4.74 Å². The lowest BCUT2D eigenvalue weighted by Crippen LogP contribution is -1.93. The summed E-state index contributed by atoms with van der Waals surface area (Å²) >= 11 is 3.04. The van der Waals surface area contributed by atoms with Gasteiger partial charge in [-0.15, -0.1) is 0 Å². The van der Waals surface area contributed by atoms with Gasteiger partial charge in [-0.25, -0.2) is 14.4 Å². The molecule has 4 nitrogen and oxygen atoms in total. The molecule has 86 valence electrons. The van der Waals surface area contributed by atoms with Gasteiger partial charge in [0, 0.05) is 12.4 Å². The van der Waals surface area contributed by atoms with Crippen LogP contribution in [-0.4, -0.2) is 16.3 Å². The number of carbonyl (C=O) groups is 1. The Morgan fingerprint density at radius 1 is 1.29 bits per heavy atom. The van der Waals surface area contributed by atoms with E-state index in [1.807, 2.05) is 0 Å². The molecular formula is C11H6BrFN2O2. The number of nitrogens with zero attached hydrogens (tertiary/aromatic N) is 2. The number of aldehydes is 1. The first-order chi connectivity index (χ1) is 8.19. The summed E-state index contributed by atoms with van der Waals surface area (Å²) in [7, 11) is 0. The van der Waals surface area contributed by atoms with E-state index in [4.69, 9.17) is 4.74 Å². The van der Waals surface area contributed by atoms with E-state index in [1.54, 1.807) is 0 Å². The van der Waals surface area contributed by atoms with Crippen LogP contribution >= 0.6 is 15.9 Å². The molecule has 0 saturated carbocycles. The molecule has 2 rings (SSSR count). The zero-order valence-corrected chi connectivity index (χ0v) is 10.0. The maximum absolute atomic E-state index is 13.0. The van der Waals surface area contributed by atoms with Gasteiger partial charge in [0.05, 0.1) is 10.0 Å². The molecule has 1 heterocycles. The number of carbonyl (C=O) groups excluding carboxylic acids is 1. The lowest BCUT2D eigenvalue weighted by molar-refractivity contribution is 0.112. The van der Waals surface area contributed by atoms with Crippen LogP contribution in [0, 0.1) is 5.82 Å². The van der Waals surface area contributed by atoms with E-state index in [-0.39, 0.29) is 11.8 Å². The van der Waals surface area contributed by atoms with Gasteiger partial charge in [-0.2, -0.15) is 0 Å². The Kier molecular flexibility index (Phi) is 3.43. The normalized spacial score (nSPS) is 10.0. The van der Waals surface area contributed by atoms with Crippen molar-refractivity contribution in [3.8, 4) is 11.8 Å². The molecule has 0 saturated heterocycles. The topological polar surface area (TPSA) is 52.1 Å². The molecule has 0 amide bonds. The highest BCUT2D eigenvalue weighted by molar-refractivity contribution is 9.10. The van der Waals surface area contributed by atoms with E-state index in [1.165, 1.54) is 30.6 Å². The Morgan fingerprint density at radius 2 is 2.00 bits per heavy atom. The van der Waals surface area contributed by atoms with Gasteiger partial charge in [0.25, 0.3) is 0 Å². The molecule has 0 bridgehead atoms. The molecule has 6 heteroatoms. The predicted octanol–water partition coefficient (Wildman–Crippen LogP) is 2.98. The molecule has 1 aromatic carbocycles. The maximum Gasteiger partial charge on any atom is 0.321 e. The first kappa shape index (κ1) is 11.7. The van der Waals surface area contributed by atoms with Crippen LogP contribution in [0.3, 0.4) is 0 Å². The summed E-state index contributed by atoms with van der Waals surface area (Å²) in [5.74, 6) is 0.0201. The minimum Gasteiger partial charge on any atom is -0.424 e. The lowest BCUT2D eigenvalue weighted by Gasteiger charge is -2.04. The molecule has 0 aliphatic heterocycles. The largest absolute Gasteiger partial charge is 0.424 e. The summed E-state index contributed by atoms with van der Waals surface area (Å²) in [6.45, 7) is 0. The molecule has 2 aromatic rings. The van der Waals surface area contributed by atoms with Crippen molar-refractivity contribution >= 4 is 22.2 Å². The number of halogens is 2. The lowest BCUT2D eigenvalue weighted by atomic mass is 10.3. The number of hydrogen-bond donors (Lipinski definition) is 0. The average Bonchev–Trinajstić information content (AvgIpc) is 2.35. The van der Waals surface area contributed by atoms with Crippen LogP contribution in [0.2, 0.25) is 0 Å². The predicted molar refractivity (Wildman–Crippen MR) is 61.6 cm³/mol. The first-order valence-electron chi connectivity index (χ1n) is 4.59. The molecule has 0 atom stereocenters. The quantitative estimate of drug-likeness (QED) is 0.817. The highest BCUT2D eigenvalue weighted by atomic mass is 79.9. The summed E-state index contributed by atoms with van der Waals surface area (Å²) < 4.78 is 18.5. The fourth-order valence-electron chi connectivity index (χ4n) is 1.09. The molecule has 0 radical (unpaired) electrons. The zero-order valence-electron chi connectivity index (χ0n) is 8.43. The second-order valence-corrected chi connectivity index (χ2v) is 3.95. The molecule has 1 aromatic heterocycles. The van der Waals surface area contributed by atoms with Crippen LogP contribution in [0.5, 0.6) is 11.8 Å². The highest BCUT2D eigenvalue weighted by Crippen LogP contribution is 2.24. The molecular weight excluding hydrogens is 291 g/mol. The van der Waals surface area contributed by atoms with Gasteiger partial charge in [-0.1, -0.05) is 0 Å². The van der Waals surface area contributed by atoms with Crippen molar-refractivity contribution in [1.82, 2.24) is 9.97 Å². The van der Waals surface area contributed by atoms with Gasteiger partial charge in [0.15, 0.2) is 6.29 Å². The van der Waals surface area contributed by atoms with E-state index >= 15 is 0 Å². The second kappa shape index (κ2) is 5.01. The molecule has 17 heavy (non-hydrogen) atoms. The smallest absolute Gasteiger partial charge is 0.321 e. The van der Waals surface area contributed by atoms with Gasteiger partial charge in [-0.3, -0.25) is 4.79 Å². The van der Waals surface area contributed by atoms with Crippen LogP contribution < -0.4 is 4.74 Å². The number of aromatic nitrogens is 2. The molecule has 0 unspecified atom stereocenters. The van der Waals surface area contributed by atoms with Crippen LogP contribution in [-0.2, 0) is 0 Å². The van der Waals surface area contributed by atoms with E-state index in [0.29, 0.717) is 22.1 Å². The van der Waals surface area contributed by atoms with Crippen molar-refractivity contribution in [1.29, 1.82) is 0 Å². The van der Waals surface area contributed by atoms with E-state index in [0.717, 1.165) is 0 Å². The second-order valence-electron chi connectivity index (χ2n) is 3.09. The Balaban J connectivity index is 2.19. The molecule has 0 fully saturated rings. The Morgan fingerprint density at radius 3 is 2.59 bits per heavy atom. The monoisotopic (exact) mass is 296 g/mol. The van der Waals surface area contributed by atoms with E-state index in [9.17, 15) is 9.18 Å². The van der Waals surface area contributed by atoms with Crippen LogP contribution in [0.25, 0.3) is 0 Å². The number of hydrogen-bond acceptors (Lipinski definition) is 4. The van der Waals surface area contributed by atoms with Gasteiger partial charge in [-0.05, 0) is 34.1 Å². The van der Waals surface area contributed by atoms with E-state index in [2.05, 4.69) is 25.9 Å². The third kappa shape index (κ3) is 2.85. The van der Waals surface area contributed by atoms with Crippen LogP contribution in [0.15, 0.2) is 35.1 Å². The maximum atomic E-state index is 13.0. The summed E-state index contributed by atoms with van der Waals surface area (Å²) in [6.07, 6.45) is 3.32. The number of benzene rings is 1. The van der Waals surface area contributed by atoms with Crippen molar-refractivity contribution in [2.75, 3.05) is 0 Å². The van der Waals surface area contributed by atoms with Crippen LogP contribution in [0.1, 0.15) is 10.4 Å². The molecule has 0 N–H and O–H groups in total. The Hall–Kier alpha value is -1.82. The number of ether oxygens (including phenoxy) is 1. The minimum absolute atomic E-state index is 0.0918. The van der Waals surface area contributed by atoms with E-state index < -0.39 is 0 Å². The summed E-state index contributed by atoms with van der Waals surface area (Å²) in [5.41, 5.74) is 0.359. The fraction of sp³-hybridized carbons (Fsp3) is 0. The summed E-state index contributed by atoms with van der Waals surface area (Å²) in [6, 6.07) is 4.27. The first-order valence-corrected chi connectivity index (χ1v) is 5.38. The Bertz CT molecular complexity index is 546. The Labute approximate surface area is 105 Å². The van der Waals surface area contributed by atoms with Crippen molar-refractivity contribution < 1.29 is 13.9 Å². The standard InChI is InChI=1S/C11H6BrFN2O2/c12-9-3-8(1-2-10(9)13)17-11-14-4-7(6-16)5-15-11/h1-6H. The van der Waals surface area contributed by atoms with Crippen molar-refractivity contribution in [3.05, 3.63) is 46.4 Å². The van der Waals surface area contributed by atoms with Crippen molar-refractivity contribution in [2.45, 2.75) is 0 Å².